The van der Waals surface area contributed by atoms with Crippen molar-refractivity contribution in [2.75, 3.05) is 13.1 Å². The molecule has 1 fully saturated rings. The van der Waals surface area contributed by atoms with Crippen molar-refractivity contribution in [3.05, 3.63) is 41.4 Å². The normalized spacial score (nSPS) is 20.5. The van der Waals surface area contributed by atoms with Gasteiger partial charge >= 0.3 is 0 Å². The van der Waals surface area contributed by atoms with Gasteiger partial charge in [0.2, 0.25) is 5.91 Å². The summed E-state index contributed by atoms with van der Waals surface area (Å²) < 4.78 is 0. The lowest BCUT2D eigenvalue weighted by Crippen LogP contribution is -2.54. The molecule has 1 unspecified atom stereocenters. The van der Waals surface area contributed by atoms with E-state index < -0.39 is 0 Å². The molecule has 1 saturated heterocycles. The minimum absolute atomic E-state index is 0.0226. The second-order valence-corrected chi connectivity index (χ2v) is 7.74. The molecule has 2 heterocycles. The number of carbonyl (C=O) groups excluding carboxylic acids is 1. The van der Waals surface area contributed by atoms with Crippen LogP contribution in [0.2, 0.25) is 0 Å². The summed E-state index contributed by atoms with van der Waals surface area (Å²) >= 11 is 1.59. The molecule has 0 bridgehead atoms. The van der Waals surface area contributed by atoms with Crippen LogP contribution in [0, 0.1) is 5.41 Å². The molecule has 5 heteroatoms. The molecular weight excluding hydrogens is 306 g/mol. The molecule has 1 aromatic carbocycles. The number of piperidine rings is 1. The van der Waals surface area contributed by atoms with Crippen LogP contribution in [-0.2, 0) is 11.2 Å². The SMILES string of the molecule is CC1(C)CN(C(=O)Cc2csc(-c3ccccc3)n2)CCC1N. The molecular formula is C18H23N3OS. The first-order chi connectivity index (χ1) is 11.0. The lowest BCUT2D eigenvalue weighted by molar-refractivity contribution is -0.133. The lowest BCUT2D eigenvalue weighted by Gasteiger charge is -2.42. The molecule has 1 amide bonds. The average Bonchev–Trinajstić information content (AvgIpc) is 2.99. The topological polar surface area (TPSA) is 59.2 Å². The number of aromatic nitrogens is 1. The highest BCUT2D eigenvalue weighted by atomic mass is 32.1. The molecule has 0 radical (unpaired) electrons. The van der Waals surface area contributed by atoms with Crippen LogP contribution in [0.1, 0.15) is 26.0 Å². The minimum atomic E-state index is -0.0226. The van der Waals surface area contributed by atoms with Crippen LogP contribution in [0.5, 0.6) is 0 Å². The van der Waals surface area contributed by atoms with Crippen LogP contribution >= 0.6 is 11.3 Å². The first-order valence-corrected chi connectivity index (χ1v) is 8.87. The van der Waals surface area contributed by atoms with Gasteiger partial charge in [-0.2, -0.15) is 0 Å². The van der Waals surface area contributed by atoms with Crippen molar-refractivity contribution in [2.24, 2.45) is 11.1 Å². The van der Waals surface area contributed by atoms with Crippen molar-refractivity contribution >= 4 is 17.2 Å². The van der Waals surface area contributed by atoms with Gasteiger partial charge < -0.3 is 10.6 Å². The number of likely N-dealkylation sites (tertiary alicyclic amines) is 1. The molecule has 4 nitrogen and oxygen atoms in total. The number of thiazole rings is 1. The number of carbonyl (C=O) groups is 1. The van der Waals surface area contributed by atoms with Crippen molar-refractivity contribution in [3.63, 3.8) is 0 Å². The fourth-order valence-electron chi connectivity index (χ4n) is 2.95. The molecule has 122 valence electrons. The molecule has 1 aliphatic heterocycles. The minimum Gasteiger partial charge on any atom is -0.342 e. The predicted octanol–water partition coefficient (Wildman–Crippen LogP) is 2.94. The van der Waals surface area contributed by atoms with Crippen LogP contribution < -0.4 is 5.73 Å². The number of nitrogens with two attached hydrogens (primary N) is 1. The zero-order valence-corrected chi connectivity index (χ0v) is 14.5. The summed E-state index contributed by atoms with van der Waals surface area (Å²) in [7, 11) is 0. The molecule has 0 spiro atoms. The van der Waals surface area contributed by atoms with Gasteiger partial charge in [0.05, 0.1) is 12.1 Å². The summed E-state index contributed by atoms with van der Waals surface area (Å²) in [5.41, 5.74) is 8.08. The molecule has 1 atom stereocenters. The predicted molar refractivity (Wildman–Crippen MR) is 94.2 cm³/mol. The largest absolute Gasteiger partial charge is 0.342 e. The maximum Gasteiger partial charge on any atom is 0.228 e. The number of hydrogen-bond donors (Lipinski definition) is 1. The summed E-state index contributed by atoms with van der Waals surface area (Å²) in [5, 5.41) is 2.95. The fraction of sp³-hybridized carbons (Fsp3) is 0.444. The third-order valence-corrected chi connectivity index (χ3v) is 5.51. The van der Waals surface area contributed by atoms with Gasteiger partial charge in [-0.1, -0.05) is 44.2 Å². The zero-order valence-electron chi connectivity index (χ0n) is 13.7. The molecule has 2 N–H and O–H groups in total. The van der Waals surface area contributed by atoms with Gasteiger partial charge in [-0.25, -0.2) is 4.98 Å². The number of hydrogen-bond acceptors (Lipinski definition) is 4. The highest BCUT2D eigenvalue weighted by molar-refractivity contribution is 7.13. The van der Waals surface area contributed by atoms with Crippen molar-refractivity contribution in [1.29, 1.82) is 0 Å². The quantitative estimate of drug-likeness (QED) is 0.942. The molecule has 23 heavy (non-hydrogen) atoms. The molecule has 0 aliphatic carbocycles. The number of amides is 1. The summed E-state index contributed by atoms with van der Waals surface area (Å²) in [6, 6.07) is 10.2. The van der Waals surface area contributed by atoms with Crippen LogP contribution in [0.15, 0.2) is 35.7 Å². The van der Waals surface area contributed by atoms with Crippen molar-refractivity contribution < 1.29 is 4.79 Å². The molecule has 3 rings (SSSR count). The summed E-state index contributed by atoms with van der Waals surface area (Å²) in [6.07, 6.45) is 1.24. The standard InChI is InChI=1S/C18H23N3OS/c1-18(2)12-21(9-8-15(18)19)16(22)10-14-11-23-17(20-14)13-6-4-3-5-7-13/h3-7,11,15H,8-10,12,19H2,1-2H3. The van der Waals surface area contributed by atoms with Gasteiger partial charge in [-0.15, -0.1) is 11.3 Å². The monoisotopic (exact) mass is 329 g/mol. The van der Waals surface area contributed by atoms with Crippen LogP contribution in [0.25, 0.3) is 10.6 Å². The number of rotatable bonds is 3. The van der Waals surface area contributed by atoms with E-state index in [-0.39, 0.29) is 17.4 Å². The van der Waals surface area contributed by atoms with Gasteiger partial charge in [0.1, 0.15) is 5.01 Å². The maximum absolute atomic E-state index is 12.6. The average molecular weight is 329 g/mol. The first-order valence-electron chi connectivity index (χ1n) is 7.99. The highest BCUT2D eigenvalue weighted by Gasteiger charge is 2.35. The summed E-state index contributed by atoms with van der Waals surface area (Å²) in [5.74, 6) is 0.148. The molecule has 0 saturated carbocycles. The molecule has 1 aromatic heterocycles. The van der Waals surface area contributed by atoms with E-state index in [0.29, 0.717) is 6.42 Å². The third kappa shape index (κ3) is 3.62. The first kappa shape index (κ1) is 16.1. The summed E-state index contributed by atoms with van der Waals surface area (Å²) in [6.45, 7) is 5.74. The fourth-order valence-corrected chi connectivity index (χ4v) is 3.78. The van der Waals surface area contributed by atoms with Gasteiger partial charge in [-0.05, 0) is 11.8 Å². The van der Waals surface area contributed by atoms with Crippen molar-refractivity contribution in [3.8, 4) is 10.6 Å². The van der Waals surface area contributed by atoms with E-state index in [2.05, 4.69) is 18.8 Å². The Labute approximate surface area is 141 Å². The van der Waals surface area contributed by atoms with Crippen LogP contribution in [0.4, 0.5) is 0 Å². The Morgan fingerprint density at radius 3 is 2.83 bits per heavy atom. The Kier molecular flexibility index (Phi) is 4.50. The Morgan fingerprint density at radius 1 is 1.39 bits per heavy atom. The van der Waals surface area contributed by atoms with E-state index in [1.807, 2.05) is 40.6 Å². The van der Waals surface area contributed by atoms with Crippen molar-refractivity contribution in [1.82, 2.24) is 9.88 Å². The highest BCUT2D eigenvalue weighted by Crippen LogP contribution is 2.28. The van der Waals surface area contributed by atoms with Gasteiger partial charge in [0.25, 0.3) is 0 Å². The van der Waals surface area contributed by atoms with Crippen LogP contribution in [-0.4, -0.2) is 34.9 Å². The Morgan fingerprint density at radius 2 is 2.13 bits per heavy atom. The number of benzene rings is 1. The van der Waals surface area contributed by atoms with E-state index in [1.165, 1.54) is 0 Å². The Hall–Kier alpha value is -1.72. The third-order valence-electron chi connectivity index (χ3n) is 4.57. The smallest absolute Gasteiger partial charge is 0.228 e. The maximum atomic E-state index is 12.6. The second kappa shape index (κ2) is 6.42. The van der Waals surface area contributed by atoms with E-state index in [9.17, 15) is 4.79 Å². The lowest BCUT2D eigenvalue weighted by atomic mass is 9.79. The van der Waals surface area contributed by atoms with Crippen LogP contribution in [0.3, 0.4) is 0 Å². The van der Waals surface area contributed by atoms with E-state index in [0.717, 1.165) is 35.8 Å². The van der Waals surface area contributed by atoms with Gasteiger partial charge in [-0.3, -0.25) is 4.79 Å². The number of nitrogens with zero attached hydrogens (tertiary/aromatic N) is 2. The Balaban J connectivity index is 1.66. The van der Waals surface area contributed by atoms with Crippen molar-refractivity contribution in [2.45, 2.75) is 32.7 Å². The Bertz CT molecular complexity index is 681. The zero-order chi connectivity index (χ0) is 16.4. The van der Waals surface area contributed by atoms with E-state index in [1.54, 1.807) is 11.3 Å². The van der Waals surface area contributed by atoms with Gasteiger partial charge in [0, 0.05) is 30.1 Å². The summed E-state index contributed by atoms with van der Waals surface area (Å²) in [4.78, 5) is 19.1. The molecule has 1 aliphatic rings. The molecule has 2 aromatic rings. The van der Waals surface area contributed by atoms with Gasteiger partial charge in [0.15, 0.2) is 0 Å². The van der Waals surface area contributed by atoms with E-state index in [4.69, 9.17) is 5.73 Å². The van der Waals surface area contributed by atoms with E-state index >= 15 is 0 Å². The second-order valence-electron chi connectivity index (χ2n) is 6.89.